The fourth-order valence-corrected chi connectivity index (χ4v) is 4.14. The van der Waals surface area contributed by atoms with Crippen LogP contribution in [-0.2, 0) is 14.8 Å². The third-order valence-corrected chi connectivity index (χ3v) is 5.72. The molecule has 1 heterocycles. The summed E-state index contributed by atoms with van der Waals surface area (Å²) in [5.74, 6) is 0. The first-order valence-electron chi connectivity index (χ1n) is 6.82. The van der Waals surface area contributed by atoms with Gasteiger partial charge in [-0.3, -0.25) is 0 Å². The van der Waals surface area contributed by atoms with Crippen LogP contribution in [0, 0.1) is 0 Å². The molecule has 0 spiro atoms. The molecule has 5 nitrogen and oxygen atoms in total. The molecule has 0 bridgehead atoms. The Kier molecular flexibility index (Phi) is 6.51. The fraction of sp³-hybridized carbons (Fsp3) is 0.357. The summed E-state index contributed by atoms with van der Waals surface area (Å²) in [6.45, 7) is 3.42. The SMILES string of the molecule is CCOCCCNS(=O)(=O)c1csc(-c2ccc(Br)cc2)n1. The first kappa shape index (κ1) is 17.6. The second kappa shape index (κ2) is 8.16. The van der Waals surface area contributed by atoms with Crippen molar-refractivity contribution < 1.29 is 13.2 Å². The summed E-state index contributed by atoms with van der Waals surface area (Å²) in [4.78, 5) is 4.22. The number of hydrogen-bond acceptors (Lipinski definition) is 5. The quantitative estimate of drug-likeness (QED) is 0.685. The highest BCUT2D eigenvalue weighted by molar-refractivity contribution is 9.10. The number of nitrogens with one attached hydrogen (secondary N) is 1. The Bertz CT molecular complexity index is 699. The molecule has 1 aromatic carbocycles. The van der Waals surface area contributed by atoms with Crippen LogP contribution in [0.5, 0.6) is 0 Å². The Labute approximate surface area is 142 Å². The molecule has 0 amide bonds. The van der Waals surface area contributed by atoms with Gasteiger partial charge in [-0.25, -0.2) is 18.1 Å². The van der Waals surface area contributed by atoms with Crippen LogP contribution in [0.15, 0.2) is 39.1 Å². The van der Waals surface area contributed by atoms with Crippen LogP contribution in [0.4, 0.5) is 0 Å². The van der Waals surface area contributed by atoms with Gasteiger partial charge in [-0.2, -0.15) is 0 Å². The molecule has 2 aromatic rings. The van der Waals surface area contributed by atoms with E-state index < -0.39 is 10.0 Å². The van der Waals surface area contributed by atoms with E-state index in [1.165, 1.54) is 11.3 Å². The molecule has 0 atom stereocenters. The third kappa shape index (κ3) is 4.85. The molecule has 1 aromatic heterocycles. The van der Waals surface area contributed by atoms with Crippen molar-refractivity contribution in [1.29, 1.82) is 0 Å². The molecule has 0 saturated heterocycles. The number of halogens is 1. The lowest BCUT2D eigenvalue weighted by Crippen LogP contribution is -2.25. The standard InChI is InChI=1S/C14H17BrN2O3S2/c1-2-20-9-3-8-16-22(18,19)13-10-21-14(17-13)11-4-6-12(15)7-5-11/h4-7,10,16H,2-3,8-9H2,1H3. The lowest BCUT2D eigenvalue weighted by molar-refractivity contribution is 0.146. The maximum absolute atomic E-state index is 12.1. The summed E-state index contributed by atoms with van der Waals surface area (Å²) in [6.07, 6.45) is 0.636. The van der Waals surface area contributed by atoms with Crippen molar-refractivity contribution in [2.24, 2.45) is 0 Å². The molecule has 0 aliphatic carbocycles. The van der Waals surface area contributed by atoms with E-state index in [1.807, 2.05) is 31.2 Å². The molecule has 22 heavy (non-hydrogen) atoms. The van der Waals surface area contributed by atoms with Gasteiger partial charge in [0.05, 0.1) is 0 Å². The van der Waals surface area contributed by atoms with E-state index >= 15 is 0 Å². The van der Waals surface area contributed by atoms with E-state index in [2.05, 4.69) is 25.6 Å². The maximum atomic E-state index is 12.1. The van der Waals surface area contributed by atoms with Crippen LogP contribution in [0.25, 0.3) is 10.6 Å². The lowest BCUT2D eigenvalue weighted by atomic mass is 10.2. The number of thiazole rings is 1. The van der Waals surface area contributed by atoms with Crippen molar-refractivity contribution in [2.45, 2.75) is 18.4 Å². The molecule has 2 rings (SSSR count). The smallest absolute Gasteiger partial charge is 0.258 e. The molecule has 0 unspecified atom stereocenters. The van der Waals surface area contributed by atoms with Gasteiger partial charge in [-0.1, -0.05) is 28.1 Å². The zero-order valence-corrected chi connectivity index (χ0v) is 15.3. The van der Waals surface area contributed by atoms with Crippen LogP contribution < -0.4 is 4.72 Å². The average molecular weight is 405 g/mol. The van der Waals surface area contributed by atoms with Gasteiger partial charge < -0.3 is 4.74 Å². The van der Waals surface area contributed by atoms with Crippen LogP contribution >= 0.6 is 27.3 Å². The maximum Gasteiger partial charge on any atom is 0.258 e. The largest absolute Gasteiger partial charge is 0.382 e. The second-order valence-electron chi connectivity index (χ2n) is 4.45. The van der Waals surface area contributed by atoms with Gasteiger partial charge in [-0.05, 0) is 25.5 Å². The van der Waals surface area contributed by atoms with Gasteiger partial charge in [0.2, 0.25) is 0 Å². The summed E-state index contributed by atoms with van der Waals surface area (Å²) in [7, 11) is -3.56. The fourth-order valence-electron chi connectivity index (χ4n) is 1.71. The summed E-state index contributed by atoms with van der Waals surface area (Å²) >= 11 is 4.68. The van der Waals surface area contributed by atoms with Crippen molar-refractivity contribution >= 4 is 37.3 Å². The normalized spacial score (nSPS) is 11.7. The van der Waals surface area contributed by atoms with Crippen molar-refractivity contribution in [2.75, 3.05) is 19.8 Å². The molecule has 0 aliphatic rings. The van der Waals surface area contributed by atoms with E-state index in [1.54, 1.807) is 5.38 Å². The summed E-state index contributed by atoms with van der Waals surface area (Å²) < 4.78 is 33.0. The molecule has 120 valence electrons. The van der Waals surface area contributed by atoms with Gasteiger partial charge in [0.15, 0.2) is 5.03 Å². The zero-order valence-electron chi connectivity index (χ0n) is 12.1. The minimum absolute atomic E-state index is 0.0619. The summed E-state index contributed by atoms with van der Waals surface area (Å²) in [5, 5.41) is 2.30. The number of ether oxygens (including phenoxy) is 1. The number of rotatable bonds is 8. The predicted octanol–water partition coefficient (Wildman–Crippen LogP) is 3.28. The number of nitrogens with zero attached hydrogens (tertiary/aromatic N) is 1. The van der Waals surface area contributed by atoms with Crippen molar-refractivity contribution in [3.05, 3.63) is 34.1 Å². The highest BCUT2D eigenvalue weighted by Crippen LogP contribution is 2.26. The number of aromatic nitrogens is 1. The van der Waals surface area contributed by atoms with Crippen LogP contribution in [-0.4, -0.2) is 33.2 Å². The van der Waals surface area contributed by atoms with Crippen molar-refractivity contribution in [1.82, 2.24) is 9.71 Å². The Morgan fingerprint density at radius 3 is 2.73 bits per heavy atom. The Hall–Kier alpha value is -0.800. The first-order chi connectivity index (χ1) is 10.5. The third-order valence-electron chi connectivity index (χ3n) is 2.81. The highest BCUT2D eigenvalue weighted by atomic mass is 79.9. The molecule has 0 radical (unpaired) electrons. The second-order valence-corrected chi connectivity index (χ2v) is 7.93. The number of sulfonamides is 1. The van der Waals surface area contributed by atoms with E-state index in [9.17, 15) is 8.42 Å². The Morgan fingerprint density at radius 1 is 1.32 bits per heavy atom. The highest BCUT2D eigenvalue weighted by Gasteiger charge is 2.18. The monoisotopic (exact) mass is 404 g/mol. The van der Waals surface area contributed by atoms with Crippen molar-refractivity contribution in [3.63, 3.8) is 0 Å². The van der Waals surface area contributed by atoms with Crippen LogP contribution in [0.1, 0.15) is 13.3 Å². The number of hydrogen-bond donors (Lipinski definition) is 1. The van der Waals surface area contributed by atoms with Gasteiger partial charge >= 0.3 is 0 Å². The Balaban J connectivity index is 2.02. The van der Waals surface area contributed by atoms with Crippen molar-refractivity contribution in [3.8, 4) is 10.6 Å². The minimum atomic E-state index is -3.56. The molecule has 0 fully saturated rings. The average Bonchev–Trinajstić information content (AvgIpc) is 2.98. The van der Waals surface area contributed by atoms with E-state index in [-0.39, 0.29) is 5.03 Å². The predicted molar refractivity (Wildman–Crippen MR) is 91.5 cm³/mol. The molecular weight excluding hydrogens is 388 g/mol. The number of benzene rings is 1. The zero-order chi connectivity index (χ0) is 16.0. The van der Waals surface area contributed by atoms with Gasteiger partial charge in [0.25, 0.3) is 10.0 Å². The topological polar surface area (TPSA) is 68.3 Å². The van der Waals surface area contributed by atoms with Gasteiger partial charge in [-0.15, -0.1) is 11.3 Å². The molecule has 0 aliphatic heterocycles. The van der Waals surface area contributed by atoms with E-state index in [0.717, 1.165) is 10.0 Å². The molecule has 8 heteroatoms. The van der Waals surface area contributed by atoms with E-state index in [0.29, 0.717) is 31.2 Å². The summed E-state index contributed by atoms with van der Waals surface area (Å²) in [6, 6.07) is 7.59. The van der Waals surface area contributed by atoms with E-state index in [4.69, 9.17) is 4.74 Å². The minimum Gasteiger partial charge on any atom is -0.382 e. The summed E-state index contributed by atoms with van der Waals surface area (Å²) in [5.41, 5.74) is 0.894. The molecule has 0 saturated carbocycles. The Morgan fingerprint density at radius 2 is 2.05 bits per heavy atom. The first-order valence-corrected chi connectivity index (χ1v) is 9.97. The lowest BCUT2D eigenvalue weighted by Gasteiger charge is -2.04. The molecule has 1 N–H and O–H groups in total. The molecular formula is C14H17BrN2O3S2. The van der Waals surface area contributed by atoms with Gasteiger partial charge in [0, 0.05) is 35.2 Å². The van der Waals surface area contributed by atoms with Crippen LogP contribution in [0.2, 0.25) is 0 Å². The van der Waals surface area contributed by atoms with Gasteiger partial charge in [0.1, 0.15) is 5.01 Å². The van der Waals surface area contributed by atoms with Crippen LogP contribution in [0.3, 0.4) is 0 Å².